The predicted octanol–water partition coefficient (Wildman–Crippen LogP) is 4.19. The van der Waals surface area contributed by atoms with Gasteiger partial charge in [0.25, 0.3) is 0 Å². The second kappa shape index (κ2) is 8.98. The Kier molecular flexibility index (Phi) is 6.29. The maximum absolute atomic E-state index is 13.2. The predicted molar refractivity (Wildman–Crippen MR) is 127 cm³/mol. The molecule has 0 radical (unpaired) electrons. The van der Waals surface area contributed by atoms with E-state index < -0.39 is 0 Å². The van der Waals surface area contributed by atoms with Crippen molar-refractivity contribution in [2.24, 2.45) is 0 Å². The number of anilines is 2. The molecule has 2 aliphatic heterocycles. The normalized spacial score (nSPS) is 22.2. The molecule has 2 aliphatic rings. The summed E-state index contributed by atoms with van der Waals surface area (Å²) in [5.74, 6) is 1.88. The zero-order valence-electron chi connectivity index (χ0n) is 19.6. The zero-order chi connectivity index (χ0) is 22.8. The van der Waals surface area contributed by atoms with Gasteiger partial charge in [0, 0.05) is 54.6 Å². The molecule has 1 saturated heterocycles. The first-order valence-electron chi connectivity index (χ1n) is 11.5. The van der Waals surface area contributed by atoms with Crippen molar-refractivity contribution in [1.82, 2.24) is 25.2 Å². The third-order valence-electron chi connectivity index (χ3n) is 6.06. The summed E-state index contributed by atoms with van der Waals surface area (Å²) in [4.78, 5) is 28.4. The Hall–Kier alpha value is -2.80. The highest BCUT2D eigenvalue weighted by atomic mass is 16.2. The molecule has 1 atom stereocenters. The molecule has 0 saturated carbocycles. The van der Waals surface area contributed by atoms with Gasteiger partial charge in [0.1, 0.15) is 11.6 Å². The summed E-state index contributed by atoms with van der Waals surface area (Å²) in [6.45, 7) is 10.3. The summed E-state index contributed by atoms with van der Waals surface area (Å²) in [6.07, 6.45) is 10.6. The number of pyridine rings is 1. The number of carbonyl (C=O) groups is 1. The van der Waals surface area contributed by atoms with Crippen molar-refractivity contribution in [3.05, 3.63) is 54.1 Å². The Labute approximate surface area is 190 Å². The molecule has 1 fully saturated rings. The monoisotopic (exact) mass is 434 g/mol. The van der Waals surface area contributed by atoms with Gasteiger partial charge in [0.05, 0.1) is 6.20 Å². The van der Waals surface area contributed by atoms with Crippen LogP contribution in [0.2, 0.25) is 0 Å². The minimum atomic E-state index is -0.0950. The zero-order valence-corrected chi connectivity index (χ0v) is 19.6. The number of nitrogens with one attached hydrogen (secondary N) is 2. The van der Waals surface area contributed by atoms with Crippen LogP contribution in [0.5, 0.6) is 0 Å². The average molecular weight is 435 g/mol. The summed E-state index contributed by atoms with van der Waals surface area (Å²) < 4.78 is 0. The second-order valence-electron chi connectivity index (χ2n) is 10.2. The molecule has 170 valence electrons. The van der Waals surface area contributed by atoms with Crippen LogP contribution in [0.15, 0.2) is 48.4 Å². The number of likely N-dealkylation sites (tertiary alicyclic amines) is 1. The lowest BCUT2D eigenvalue weighted by Crippen LogP contribution is -2.54. The van der Waals surface area contributed by atoms with Gasteiger partial charge in [-0.1, -0.05) is 17.7 Å². The van der Waals surface area contributed by atoms with E-state index in [2.05, 4.69) is 60.4 Å². The van der Waals surface area contributed by atoms with Crippen molar-refractivity contribution in [2.45, 2.75) is 70.4 Å². The number of carbonyl (C=O) groups excluding carboxylic acids is 1. The summed E-state index contributed by atoms with van der Waals surface area (Å²) in [7, 11) is 0. The van der Waals surface area contributed by atoms with Crippen LogP contribution in [0, 0.1) is 0 Å². The van der Waals surface area contributed by atoms with Crippen molar-refractivity contribution in [3.8, 4) is 0 Å². The van der Waals surface area contributed by atoms with Crippen LogP contribution in [0.4, 0.5) is 11.6 Å². The van der Waals surface area contributed by atoms with Gasteiger partial charge in [0.2, 0.25) is 5.91 Å². The first-order chi connectivity index (χ1) is 15.2. The minimum Gasteiger partial charge on any atom is -0.342 e. The van der Waals surface area contributed by atoms with Crippen LogP contribution in [-0.2, 0) is 4.79 Å². The largest absolute Gasteiger partial charge is 0.342 e. The molecule has 0 aromatic carbocycles. The van der Waals surface area contributed by atoms with Crippen LogP contribution < -0.4 is 10.6 Å². The number of nitrogens with zero attached hydrogens (tertiary/aromatic N) is 4. The molecule has 32 heavy (non-hydrogen) atoms. The Morgan fingerprint density at radius 2 is 2.06 bits per heavy atom. The van der Waals surface area contributed by atoms with E-state index >= 15 is 0 Å². The van der Waals surface area contributed by atoms with Crippen molar-refractivity contribution in [2.75, 3.05) is 18.4 Å². The van der Waals surface area contributed by atoms with Gasteiger partial charge in [-0.25, -0.2) is 9.97 Å². The lowest BCUT2D eigenvalue weighted by Gasteiger charge is -2.41. The molecule has 2 aromatic rings. The van der Waals surface area contributed by atoms with E-state index in [0.717, 1.165) is 43.9 Å². The fourth-order valence-corrected chi connectivity index (χ4v) is 5.19. The molecule has 0 aliphatic carbocycles. The summed E-state index contributed by atoms with van der Waals surface area (Å²) in [5, 5.41) is 6.85. The maximum Gasteiger partial charge on any atom is 0.226 e. The van der Waals surface area contributed by atoms with Gasteiger partial charge < -0.3 is 15.5 Å². The van der Waals surface area contributed by atoms with E-state index in [-0.39, 0.29) is 22.9 Å². The van der Waals surface area contributed by atoms with Gasteiger partial charge in [-0.3, -0.25) is 9.78 Å². The Bertz CT molecular complexity index is 985. The summed E-state index contributed by atoms with van der Waals surface area (Å²) >= 11 is 0. The molecule has 0 spiro atoms. The van der Waals surface area contributed by atoms with Gasteiger partial charge in [-0.2, -0.15) is 0 Å². The number of rotatable bonds is 5. The van der Waals surface area contributed by atoms with Crippen LogP contribution in [0.1, 0.15) is 65.0 Å². The molecule has 7 heteroatoms. The van der Waals surface area contributed by atoms with Crippen molar-refractivity contribution < 1.29 is 4.79 Å². The van der Waals surface area contributed by atoms with Crippen LogP contribution in [-0.4, -0.2) is 49.9 Å². The van der Waals surface area contributed by atoms with E-state index in [0.29, 0.717) is 12.2 Å². The highest BCUT2D eigenvalue weighted by Crippen LogP contribution is 2.31. The third kappa shape index (κ3) is 5.71. The molecule has 0 bridgehead atoms. The summed E-state index contributed by atoms with van der Waals surface area (Å²) in [6, 6.07) is 5.99. The lowest BCUT2D eigenvalue weighted by molar-refractivity contribution is -0.131. The molecule has 2 aromatic heterocycles. The minimum absolute atomic E-state index is 0.00120. The highest BCUT2D eigenvalue weighted by molar-refractivity contribution is 5.79. The van der Waals surface area contributed by atoms with E-state index in [1.807, 2.05) is 17.0 Å². The van der Waals surface area contributed by atoms with E-state index in [1.54, 1.807) is 18.6 Å². The van der Waals surface area contributed by atoms with Crippen molar-refractivity contribution in [3.63, 3.8) is 0 Å². The molecule has 1 unspecified atom stereocenters. The Morgan fingerprint density at radius 3 is 2.81 bits per heavy atom. The summed E-state index contributed by atoms with van der Waals surface area (Å²) in [5.41, 5.74) is 2.15. The topological polar surface area (TPSA) is 83.0 Å². The van der Waals surface area contributed by atoms with Crippen molar-refractivity contribution >= 4 is 17.5 Å². The van der Waals surface area contributed by atoms with Gasteiger partial charge >= 0.3 is 0 Å². The molecule has 4 heterocycles. The van der Waals surface area contributed by atoms with E-state index in [1.165, 1.54) is 5.57 Å². The number of hydrogen-bond donors (Lipinski definition) is 2. The fourth-order valence-electron chi connectivity index (χ4n) is 5.19. The SMILES string of the molecule is CC1(C)C=C(CC(=O)N2CCCC(c3cccc(Nc4cnccn4)n3)C2)CC(C)(C)N1. The number of amides is 1. The third-order valence-corrected chi connectivity index (χ3v) is 6.06. The molecular formula is C25H34N6O. The standard InChI is InChI=1S/C25H34N6O/c1-24(2)14-18(15-25(3,4)30-24)13-23(32)31-12-6-7-19(17-31)20-8-5-9-21(28-20)29-22-16-26-10-11-27-22/h5,8-11,14,16,19,30H,6-7,12-13,15,17H2,1-4H3,(H,27,28,29). The second-order valence-corrected chi connectivity index (χ2v) is 10.2. The molecule has 1 amide bonds. The van der Waals surface area contributed by atoms with Gasteiger partial charge in [0.15, 0.2) is 0 Å². The lowest BCUT2D eigenvalue weighted by atomic mass is 9.82. The quantitative estimate of drug-likeness (QED) is 0.687. The van der Waals surface area contributed by atoms with Crippen LogP contribution in [0.25, 0.3) is 0 Å². The Morgan fingerprint density at radius 1 is 1.22 bits per heavy atom. The van der Waals surface area contributed by atoms with E-state index in [4.69, 9.17) is 4.98 Å². The first-order valence-corrected chi connectivity index (χ1v) is 11.5. The molecular weight excluding hydrogens is 400 g/mol. The Balaban J connectivity index is 1.42. The smallest absolute Gasteiger partial charge is 0.226 e. The van der Waals surface area contributed by atoms with Gasteiger partial charge in [-0.15, -0.1) is 0 Å². The van der Waals surface area contributed by atoms with Gasteiger partial charge in [-0.05, 0) is 59.1 Å². The molecule has 7 nitrogen and oxygen atoms in total. The van der Waals surface area contributed by atoms with Crippen molar-refractivity contribution in [1.29, 1.82) is 0 Å². The number of piperidine rings is 1. The fraction of sp³-hybridized carbons (Fsp3) is 0.520. The molecule has 4 rings (SSSR count). The van der Waals surface area contributed by atoms with Crippen LogP contribution in [0.3, 0.4) is 0 Å². The average Bonchev–Trinajstić information content (AvgIpc) is 2.72. The highest BCUT2D eigenvalue weighted by Gasteiger charge is 2.34. The maximum atomic E-state index is 13.2. The van der Waals surface area contributed by atoms with Crippen LogP contribution >= 0.6 is 0 Å². The molecule has 2 N–H and O–H groups in total. The van der Waals surface area contributed by atoms with E-state index in [9.17, 15) is 4.79 Å². The number of aromatic nitrogens is 3. The number of hydrogen-bond acceptors (Lipinski definition) is 6. The first kappa shape index (κ1) is 22.4.